The summed E-state index contributed by atoms with van der Waals surface area (Å²) >= 11 is 1.08. The molecule has 1 aromatic heterocycles. The molecule has 30 heavy (non-hydrogen) atoms. The Hall–Kier alpha value is -3.15. The molecule has 2 heterocycles. The van der Waals surface area contributed by atoms with E-state index in [0.29, 0.717) is 4.88 Å². The van der Waals surface area contributed by atoms with Gasteiger partial charge in [-0.15, -0.1) is 24.5 Å². The van der Waals surface area contributed by atoms with E-state index in [1.165, 1.54) is 24.1 Å². The number of nitrogens with zero attached hydrogens (tertiary/aromatic N) is 2. The molecular weight excluding hydrogens is 427 g/mol. The quantitative estimate of drug-likeness (QED) is 0.713. The number of nitrogens with one attached hydrogen (secondary N) is 1. The number of thiazole rings is 1. The molecule has 1 saturated heterocycles. The summed E-state index contributed by atoms with van der Waals surface area (Å²) in [6.07, 6.45) is -4.98. The van der Waals surface area contributed by atoms with Crippen LogP contribution in [0, 0.1) is 12.8 Å². The molecule has 0 bridgehead atoms. The van der Waals surface area contributed by atoms with Crippen molar-refractivity contribution in [3.63, 3.8) is 0 Å². The Kier molecular flexibility index (Phi) is 5.97. The maximum Gasteiger partial charge on any atom is 0.573 e. The molecule has 2 aromatic rings. The topological polar surface area (TPSA) is 97.8 Å². The second-order valence-corrected chi connectivity index (χ2v) is 7.56. The number of anilines is 2. The van der Waals surface area contributed by atoms with E-state index in [4.69, 9.17) is 0 Å². The van der Waals surface area contributed by atoms with Crippen LogP contribution in [0.1, 0.15) is 21.8 Å². The van der Waals surface area contributed by atoms with E-state index >= 15 is 0 Å². The van der Waals surface area contributed by atoms with Crippen molar-refractivity contribution in [1.29, 1.82) is 0 Å². The molecule has 160 valence electrons. The zero-order valence-electron chi connectivity index (χ0n) is 15.8. The van der Waals surface area contributed by atoms with E-state index in [2.05, 4.69) is 19.8 Å². The monoisotopic (exact) mass is 443 g/mol. The van der Waals surface area contributed by atoms with E-state index in [1.807, 2.05) is 0 Å². The first kappa shape index (κ1) is 21.6. The lowest BCUT2D eigenvalue weighted by Gasteiger charge is -2.18. The van der Waals surface area contributed by atoms with E-state index in [0.717, 1.165) is 23.5 Å². The molecule has 8 nitrogen and oxygen atoms in total. The van der Waals surface area contributed by atoms with Gasteiger partial charge in [0.25, 0.3) is 0 Å². The summed E-state index contributed by atoms with van der Waals surface area (Å²) in [5.41, 5.74) is 0.276. The Bertz CT molecular complexity index is 992. The third-order valence-electron chi connectivity index (χ3n) is 4.26. The molecule has 0 saturated carbocycles. The molecule has 1 aliphatic rings. The fourth-order valence-corrected chi connectivity index (χ4v) is 3.73. The molecule has 1 atom stereocenters. The van der Waals surface area contributed by atoms with Crippen LogP contribution in [0.5, 0.6) is 5.75 Å². The van der Waals surface area contributed by atoms with Crippen molar-refractivity contribution in [2.24, 2.45) is 5.92 Å². The lowest BCUT2D eigenvalue weighted by molar-refractivity contribution is -0.274. The summed E-state index contributed by atoms with van der Waals surface area (Å²) in [4.78, 5) is 42.3. The average Bonchev–Trinajstić information content (AvgIpc) is 3.22. The van der Waals surface area contributed by atoms with Crippen LogP contribution in [0.25, 0.3) is 0 Å². The largest absolute Gasteiger partial charge is 0.573 e. The smallest absolute Gasteiger partial charge is 0.464 e. The first-order chi connectivity index (χ1) is 14.1. The number of methoxy groups -OCH3 is 1. The van der Waals surface area contributed by atoms with Gasteiger partial charge in [-0.25, -0.2) is 9.78 Å². The third kappa shape index (κ3) is 4.87. The number of esters is 1. The molecule has 1 N–H and O–H groups in total. The van der Waals surface area contributed by atoms with Gasteiger partial charge < -0.3 is 19.7 Å². The molecule has 3 rings (SSSR count). The number of rotatable bonds is 5. The first-order valence-corrected chi connectivity index (χ1v) is 9.42. The number of aromatic nitrogens is 1. The molecule has 1 aliphatic heterocycles. The number of amides is 2. The molecule has 0 spiro atoms. The molecular formula is C18H16F3N3O5S. The Morgan fingerprint density at radius 2 is 2.07 bits per heavy atom. The molecule has 0 unspecified atom stereocenters. The Morgan fingerprint density at radius 1 is 1.33 bits per heavy atom. The number of benzene rings is 1. The minimum atomic E-state index is -4.86. The second kappa shape index (κ2) is 8.30. The Morgan fingerprint density at radius 3 is 2.73 bits per heavy atom. The fourth-order valence-electron chi connectivity index (χ4n) is 2.92. The Labute approximate surface area is 172 Å². The average molecular weight is 443 g/mol. The van der Waals surface area contributed by atoms with Crippen molar-refractivity contribution in [1.82, 2.24) is 4.98 Å². The summed E-state index contributed by atoms with van der Waals surface area (Å²) in [5, 5.41) is 2.75. The normalized spacial score (nSPS) is 16.5. The lowest BCUT2D eigenvalue weighted by Crippen LogP contribution is -2.28. The maximum absolute atomic E-state index is 12.5. The number of carbonyl (C=O) groups excluding carboxylic acids is 3. The summed E-state index contributed by atoms with van der Waals surface area (Å²) in [6, 6.07) is 4.97. The number of hydrogen-bond acceptors (Lipinski definition) is 7. The van der Waals surface area contributed by atoms with Crippen LogP contribution in [-0.4, -0.2) is 42.8 Å². The zero-order valence-corrected chi connectivity index (χ0v) is 16.6. The highest BCUT2D eigenvalue weighted by Gasteiger charge is 2.36. The molecule has 1 fully saturated rings. The molecule has 1 aromatic carbocycles. The van der Waals surface area contributed by atoms with Gasteiger partial charge in [-0.2, -0.15) is 0 Å². The van der Waals surface area contributed by atoms with E-state index in [9.17, 15) is 27.6 Å². The fraction of sp³-hybridized carbons (Fsp3) is 0.333. The molecule has 12 heteroatoms. The minimum Gasteiger partial charge on any atom is -0.464 e. The van der Waals surface area contributed by atoms with Crippen molar-refractivity contribution in [3.05, 3.63) is 34.8 Å². The van der Waals surface area contributed by atoms with Crippen molar-refractivity contribution in [2.45, 2.75) is 19.7 Å². The van der Waals surface area contributed by atoms with Gasteiger partial charge in [-0.05, 0) is 19.1 Å². The molecule has 0 radical (unpaired) electrons. The van der Waals surface area contributed by atoms with Crippen LogP contribution in [-0.2, 0) is 14.3 Å². The van der Waals surface area contributed by atoms with Crippen LogP contribution in [0.3, 0.4) is 0 Å². The number of alkyl halides is 3. The third-order valence-corrected chi connectivity index (χ3v) is 5.15. The van der Waals surface area contributed by atoms with Crippen molar-refractivity contribution in [2.75, 3.05) is 23.9 Å². The van der Waals surface area contributed by atoms with Gasteiger partial charge in [0.2, 0.25) is 11.8 Å². The van der Waals surface area contributed by atoms with Crippen molar-refractivity contribution >= 4 is 39.9 Å². The van der Waals surface area contributed by atoms with Gasteiger partial charge in [0.05, 0.1) is 13.0 Å². The number of hydrogen-bond donors (Lipinski definition) is 1. The van der Waals surface area contributed by atoms with Crippen LogP contribution in [0.15, 0.2) is 24.3 Å². The predicted molar refractivity (Wildman–Crippen MR) is 100 cm³/mol. The number of aryl methyl sites for hydroxylation is 1. The highest BCUT2D eigenvalue weighted by Crippen LogP contribution is 2.31. The van der Waals surface area contributed by atoms with Gasteiger partial charge in [0.15, 0.2) is 10.8 Å². The van der Waals surface area contributed by atoms with Crippen molar-refractivity contribution < 1.29 is 37.0 Å². The summed E-state index contributed by atoms with van der Waals surface area (Å²) < 4.78 is 45.7. The summed E-state index contributed by atoms with van der Waals surface area (Å²) in [5.74, 6) is -2.74. The number of ether oxygens (including phenoxy) is 2. The van der Waals surface area contributed by atoms with E-state index < -0.39 is 35.8 Å². The summed E-state index contributed by atoms with van der Waals surface area (Å²) in [6.45, 7) is 1.63. The summed E-state index contributed by atoms with van der Waals surface area (Å²) in [7, 11) is 1.22. The molecule has 0 aliphatic carbocycles. The van der Waals surface area contributed by atoms with Gasteiger partial charge in [0, 0.05) is 29.6 Å². The van der Waals surface area contributed by atoms with Crippen molar-refractivity contribution in [3.8, 4) is 5.75 Å². The second-order valence-electron chi connectivity index (χ2n) is 6.36. The predicted octanol–water partition coefficient (Wildman–Crippen LogP) is 3.13. The van der Waals surface area contributed by atoms with Crippen LogP contribution in [0.4, 0.5) is 24.0 Å². The maximum atomic E-state index is 12.5. The van der Waals surface area contributed by atoms with Crippen LogP contribution in [0.2, 0.25) is 0 Å². The van der Waals surface area contributed by atoms with Crippen LogP contribution >= 0.6 is 11.3 Å². The lowest BCUT2D eigenvalue weighted by atomic mass is 10.1. The highest BCUT2D eigenvalue weighted by atomic mass is 32.1. The van der Waals surface area contributed by atoms with E-state index in [1.54, 1.807) is 6.92 Å². The number of carbonyl (C=O) groups is 3. The van der Waals surface area contributed by atoms with E-state index in [-0.39, 0.29) is 29.5 Å². The van der Waals surface area contributed by atoms with Gasteiger partial charge in [-0.3, -0.25) is 9.59 Å². The van der Waals surface area contributed by atoms with Gasteiger partial charge in [0.1, 0.15) is 5.75 Å². The molecule has 2 amide bonds. The Balaban J connectivity index is 1.69. The van der Waals surface area contributed by atoms with Gasteiger partial charge >= 0.3 is 12.3 Å². The minimum absolute atomic E-state index is 0.0195. The highest BCUT2D eigenvalue weighted by molar-refractivity contribution is 7.16. The standard InChI is InChI=1S/C18H16F3N3O5S/c1-9-14(16(27)28-2)22-17(30-9)23-15(26)10-6-13(25)24(8-10)11-4-3-5-12(7-11)29-18(19,20)21/h3-5,7,10H,6,8H2,1-2H3,(H,22,23,26)/t10-/m0/s1. The van der Waals surface area contributed by atoms with Crippen LogP contribution < -0.4 is 15.0 Å². The first-order valence-electron chi connectivity index (χ1n) is 8.60. The SMILES string of the molecule is COC(=O)c1nc(NC(=O)[C@H]2CC(=O)N(c3cccc(OC(F)(F)F)c3)C2)sc1C. The number of halogens is 3. The zero-order chi connectivity index (χ0) is 22.1. The van der Waals surface area contributed by atoms with Gasteiger partial charge in [-0.1, -0.05) is 6.07 Å².